The van der Waals surface area contributed by atoms with Crippen molar-refractivity contribution in [3.05, 3.63) is 0 Å². The molecule has 0 aromatic heterocycles. The van der Waals surface area contributed by atoms with Crippen molar-refractivity contribution < 1.29 is 4.79 Å². The van der Waals surface area contributed by atoms with Crippen LogP contribution in [0.3, 0.4) is 0 Å². The molecule has 0 aliphatic carbocycles. The first-order valence-corrected chi connectivity index (χ1v) is 6.69. The zero-order valence-corrected chi connectivity index (χ0v) is 10.5. The number of nitrogens with one attached hydrogen (secondary N) is 1. The summed E-state index contributed by atoms with van der Waals surface area (Å²) in [6.07, 6.45) is 4.41. The van der Waals surface area contributed by atoms with Crippen LogP contribution in [0.25, 0.3) is 0 Å². The van der Waals surface area contributed by atoms with Crippen LogP contribution in [0.15, 0.2) is 0 Å². The Bertz CT molecular complexity index is 207. The topological polar surface area (TPSA) is 55.1 Å². The molecule has 1 unspecified atom stereocenters. The van der Waals surface area contributed by atoms with Crippen molar-refractivity contribution in [2.75, 3.05) is 12.3 Å². The third kappa shape index (κ3) is 6.05. The second kappa shape index (κ2) is 5.75. The molecular formula is C11H22N2OS. The first kappa shape index (κ1) is 12.8. The highest BCUT2D eigenvalue weighted by molar-refractivity contribution is 7.99. The van der Waals surface area contributed by atoms with Crippen LogP contribution in [-0.2, 0) is 4.79 Å². The molecular weight excluding hydrogens is 208 g/mol. The van der Waals surface area contributed by atoms with Gasteiger partial charge in [0, 0.05) is 23.8 Å². The van der Waals surface area contributed by atoms with Crippen molar-refractivity contribution in [1.29, 1.82) is 0 Å². The minimum absolute atomic E-state index is 0.146. The van der Waals surface area contributed by atoms with E-state index in [0.29, 0.717) is 18.2 Å². The first-order valence-electron chi connectivity index (χ1n) is 5.64. The molecule has 3 nitrogen and oxygen atoms in total. The standard InChI is InChI=1S/C11H22N2OS/c1-11(2,12)8-13-10(14)7-9-5-3-4-6-15-9/h9H,3-8,12H2,1-2H3,(H,13,14). The number of rotatable bonds is 4. The second-order valence-corrected chi connectivity index (χ2v) is 6.37. The average Bonchev–Trinajstić information content (AvgIpc) is 2.15. The van der Waals surface area contributed by atoms with E-state index in [4.69, 9.17) is 5.73 Å². The van der Waals surface area contributed by atoms with E-state index in [1.807, 2.05) is 25.6 Å². The van der Waals surface area contributed by atoms with Crippen LogP contribution in [0.1, 0.15) is 39.5 Å². The van der Waals surface area contributed by atoms with Crippen molar-refractivity contribution >= 4 is 17.7 Å². The molecule has 4 heteroatoms. The van der Waals surface area contributed by atoms with E-state index in [9.17, 15) is 4.79 Å². The van der Waals surface area contributed by atoms with Gasteiger partial charge in [0.15, 0.2) is 0 Å². The number of carbonyl (C=O) groups is 1. The maximum atomic E-state index is 11.6. The summed E-state index contributed by atoms with van der Waals surface area (Å²) < 4.78 is 0. The Hall–Kier alpha value is -0.220. The van der Waals surface area contributed by atoms with E-state index < -0.39 is 0 Å². The molecule has 1 saturated heterocycles. The zero-order valence-electron chi connectivity index (χ0n) is 9.71. The average molecular weight is 230 g/mol. The largest absolute Gasteiger partial charge is 0.354 e. The molecule has 1 fully saturated rings. The molecule has 0 saturated carbocycles. The fourth-order valence-electron chi connectivity index (χ4n) is 1.57. The number of nitrogens with two attached hydrogens (primary N) is 1. The maximum absolute atomic E-state index is 11.6. The Kier molecular flexibility index (Phi) is 4.93. The summed E-state index contributed by atoms with van der Waals surface area (Å²) in [6.45, 7) is 4.40. The first-order chi connectivity index (χ1) is 6.97. The van der Waals surface area contributed by atoms with Gasteiger partial charge in [-0.05, 0) is 32.4 Å². The lowest BCUT2D eigenvalue weighted by molar-refractivity contribution is -0.121. The summed E-state index contributed by atoms with van der Waals surface area (Å²) in [6, 6.07) is 0. The predicted octanol–water partition coefficient (Wildman–Crippen LogP) is 1.52. The molecule has 1 aliphatic heterocycles. The van der Waals surface area contributed by atoms with E-state index >= 15 is 0 Å². The minimum Gasteiger partial charge on any atom is -0.354 e. The lowest BCUT2D eigenvalue weighted by Crippen LogP contribution is -2.45. The number of hydrogen-bond acceptors (Lipinski definition) is 3. The number of hydrogen-bond donors (Lipinski definition) is 2. The molecule has 0 bridgehead atoms. The number of carbonyl (C=O) groups excluding carboxylic acids is 1. The van der Waals surface area contributed by atoms with Gasteiger partial charge < -0.3 is 11.1 Å². The Morgan fingerprint density at radius 1 is 1.53 bits per heavy atom. The highest BCUT2D eigenvalue weighted by Crippen LogP contribution is 2.27. The van der Waals surface area contributed by atoms with Crippen LogP contribution in [-0.4, -0.2) is 29.0 Å². The zero-order chi connectivity index (χ0) is 11.3. The Morgan fingerprint density at radius 3 is 2.80 bits per heavy atom. The molecule has 15 heavy (non-hydrogen) atoms. The van der Waals surface area contributed by atoms with E-state index in [0.717, 1.165) is 0 Å². The lowest BCUT2D eigenvalue weighted by atomic mass is 10.1. The SMILES string of the molecule is CC(C)(N)CNC(=O)CC1CCCCS1. The molecule has 0 radical (unpaired) electrons. The van der Waals surface area contributed by atoms with Gasteiger partial charge in [-0.15, -0.1) is 0 Å². The molecule has 88 valence electrons. The smallest absolute Gasteiger partial charge is 0.221 e. The summed E-state index contributed by atoms with van der Waals surface area (Å²) >= 11 is 1.93. The molecule has 1 rings (SSSR count). The van der Waals surface area contributed by atoms with Gasteiger partial charge in [-0.3, -0.25) is 4.79 Å². The van der Waals surface area contributed by atoms with Crippen LogP contribution in [0.4, 0.5) is 0 Å². The molecule has 0 spiro atoms. The molecule has 3 N–H and O–H groups in total. The van der Waals surface area contributed by atoms with Crippen LogP contribution in [0.2, 0.25) is 0 Å². The predicted molar refractivity (Wildman–Crippen MR) is 66.0 cm³/mol. The summed E-state index contributed by atoms with van der Waals surface area (Å²) in [7, 11) is 0. The van der Waals surface area contributed by atoms with Gasteiger partial charge in [0.2, 0.25) is 5.91 Å². The van der Waals surface area contributed by atoms with E-state index in [1.54, 1.807) is 0 Å². The summed E-state index contributed by atoms with van der Waals surface area (Å²) in [4.78, 5) is 11.6. The van der Waals surface area contributed by atoms with Crippen molar-refractivity contribution in [1.82, 2.24) is 5.32 Å². The van der Waals surface area contributed by atoms with E-state index in [2.05, 4.69) is 5.32 Å². The normalized spacial score (nSPS) is 22.5. The summed E-state index contributed by atoms with van der Waals surface area (Å²) in [5, 5.41) is 3.42. The summed E-state index contributed by atoms with van der Waals surface area (Å²) in [5.74, 6) is 1.35. The number of thioether (sulfide) groups is 1. The van der Waals surface area contributed by atoms with Crippen molar-refractivity contribution in [3.8, 4) is 0 Å². The molecule has 0 aromatic rings. The van der Waals surface area contributed by atoms with Gasteiger partial charge >= 0.3 is 0 Å². The Labute approximate surface area is 96.6 Å². The van der Waals surface area contributed by atoms with Crippen LogP contribution in [0.5, 0.6) is 0 Å². The third-order valence-electron chi connectivity index (χ3n) is 2.43. The Morgan fingerprint density at radius 2 is 2.27 bits per heavy atom. The fraction of sp³-hybridized carbons (Fsp3) is 0.909. The van der Waals surface area contributed by atoms with Crippen molar-refractivity contribution in [2.45, 2.75) is 50.3 Å². The molecule has 1 amide bonds. The van der Waals surface area contributed by atoms with Crippen molar-refractivity contribution in [3.63, 3.8) is 0 Å². The highest BCUT2D eigenvalue weighted by atomic mass is 32.2. The molecule has 1 aliphatic rings. The lowest BCUT2D eigenvalue weighted by Gasteiger charge is -2.22. The highest BCUT2D eigenvalue weighted by Gasteiger charge is 2.18. The molecule has 1 atom stereocenters. The summed E-state index contributed by atoms with van der Waals surface area (Å²) in [5.41, 5.74) is 5.49. The van der Waals surface area contributed by atoms with Crippen LogP contribution < -0.4 is 11.1 Å². The number of amides is 1. The van der Waals surface area contributed by atoms with Gasteiger partial charge in [0.1, 0.15) is 0 Å². The van der Waals surface area contributed by atoms with Crippen LogP contribution >= 0.6 is 11.8 Å². The quantitative estimate of drug-likeness (QED) is 0.770. The minimum atomic E-state index is -0.310. The van der Waals surface area contributed by atoms with Gasteiger partial charge in [-0.25, -0.2) is 0 Å². The van der Waals surface area contributed by atoms with Crippen molar-refractivity contribution in [2.24, 2.45) is 5.73 Å². The van der Waals surface area contributed by atoms with E-state index in [1.165, 1.54) is 25.0 Å². The third-order valence-corrected chi connectivity index (χ3v) is 3.83. The molecule has 1 heterocycles. The van der Waals surface area contributed by atoms with Gasteiger partial charge in [-0.2, -0.15) is 11.8 Å². The van der Waals surface area contributed by atoms with Crippen LogP contribution in [0, 0.1) is 0 Å². The van der Waals surface area contributed by atoms with Gasteiger partial charge in [0.25, 0.3) is 0 Å². The maximum Gasteiger partial charge on any atom is 0.221 e. The fourth-order valence-corrected chi connectivity index (χ4v) is 2.88. The Balaban J connectivity index is 2.17. The monoisotopic (exact) mass is 230 g/mol. The van der Waals surface area contributed by atoms with E-state index in [-0.39, 0.29) is 11.4 Å². The van der Waals surface area contributed by atoms with Gasteiger partial charge in [0.05, 0.1) is 0 Å². The van der Waals surface area contributed by atoms with Gasteiger partial charge in [-0.1, -0.05) is 6.42 Å². The molecule has 0 aromatic carbocycles. The second-order valence-electron chi connectivity index (χ2n) is 4.96.